The first kappa shape index (κ1) is 8.34. The van der Waals surface area contributed by atoms with Gasteiger partial charge in [-0.05, 0) is 19.2 Å². The van der Waals surface area contributed by atoms with Crippen molar-refractivity contribution in [3.8, 4) is 0 Å². The molecule has 0 unspecified atom stereocenters. The summed E-state index contributed by atoms with van der Waals surface area (Å²) in [6.07, 6.45) is 1.92. The molecular weight excluding hydrogens is 154 g/mol. The first-order valence-electron chi connectivity index (χ1n) is 3.43. The van der Waals surface area contributed by atoms with E-state index in [9.17, 15) is 0 Å². The average molecular weight is 165 g/mol. The van der Waals surface area contributed by atoms with E-state index in [1.165, 1.54) is 17.3 Å². The molecule has 1 rings (SSSR count). The van der Waals surface area contributed by atoms with E-state index in [0.29, 0.717) is 5.04 Å². The van der Waals surface area contributed by atoms with Crippen LogP contribution < -0.4 is 0 Å². The monoisotopic (exact) mass is 165 g/mol. The molecule has 0 atom stereocenters. The molecule has 0 saturated carbocycles. The molecule has 0 aromatic heterocycles. The van der Waals surface area contributed by atoms with Gasteiger partial charge in [0.15, 0.2) is 0 Å². The Morgan fingerprint density at radius 2 is 2.18 bits per heavy atom. The van der Waals surface area contributed by atoms with Crippen molar-refractivity contribution in [3.63, 3.8) is 0 Å². The molecule has 0 aliphatic heterocycles. The van der Waals surface area contributed by atoms with E-state index in [1.807, 2.05) is 37.4 Å². The van der Waals surface area contributed by atoms with Crippen LogP contribution >= 0.6 is 11.8 Å². The predicted octanol–water partition coefficient (Wildman–Crippen LogP) is 2.68. The molecule has 1 aromatic rings. The molecule has 0 fully saturated rings. The van der Waals surface area contributed by atoms with Gasteiger partial charge in [-0.15, -0.1) is 11.8 Å². The fraction of sp³-hybridized carbons (Fsp3) is 0.222. The van der Waals surface area contributed by atoms with Crippen molar-refractivity contribution >= 4 is 16.8 Å². The molecule has 0 aliphatic rings. The van der Waals surface area contributed by atoms with Crippen LogP contribution in [-0.2, 0) is 0 Å². The molecule has 2 heteroatoms. The third-order valence-corrected chi connectivity index (χ3v) is 2.13. The van der Waals surface area contributed by atoms with Gasteiger partial charge in [-0.25, -0.2) is 0 Å². The van der Waals surface area contributed by atoms with Crippen LogP contribution in [0.4, 0.5) is 0 Å². The van der Waals surface area contributed by atoms with Crippen molar-refractivity contribution in [2.45, 2.75) is 6.92 Å². The second-order valence-corrected chi connectivity index (χ2v) is 3.22. The summed E-state index contributed by atoms with van der Waals surface area (Å²) in [6.45, 7) is 2.04. The second-order valence-electron chi connectivity index (χ2n) is 2.40. The van der Waals surface area contributed by atoms with E-state index < -0.39 is 0 Å². The van der Waals surface area contributed by atoms with E-state index in [1.54, 1.807) is 0 Å². The maximum absolute atomic E-state index is 7.54. The van der Waals surface area contributed by atoms with Gasteiger partial charge in [0.25, 0.3) is 0 Å². The van der Waals surface area contributed by atoms with E-state index >= 15 is 0 Å². The summed E-state index contributed by atoms with van der Waals surface area (Å²) in [5.41, 5.74) is 2.22. The standard InChI is InChI=1S/C9H11NS/c1-7-4-3-5-8(6-7)9(10)11-2/h3-6,10H,1-2H3. The van der Waals surface area contributed by atoms with Crippen LogP contribution in [0.2, 0.25) is 0 Å². The van der Waals surface area contributed by atoms with Crippen molar-refractivity contribution in [2.75, 3.05) is 6.26 Å². The zero-order valence-corrected chi connectivity index (χ0v) is 7.53. The molecule has 0 heterocycles. The van der Waals surface area contributed by atoms with Gasteiger partial charge in [-0.1, -0.05) is 23.8 Å². The summed E-state index contributed by atoms with van der Waals surface area (Å²) >= 11 is 1.47. The molecule has 0 aliphatic carbocycles. The number of hydrogen-bond donors (Lipinski definition) is 1. The molecule has 1 aromatic carbocycles. The van der Waals surface area contributed by atoms with Gasteiger partial charge in [0.2, 0.25) is 0 Å². The number of hydrogen-bond acceptors (Lipinski definition) is 2. The summed E-state index contributed by atoms with van der Waals surface area (Å²) in [4.78, 5) is 0. The van der Waals surface area contributed by atoms with Crippen molar-refractivity contribution in [3.05, 3.63) is 35.4 Å². The Morgan fingerprint density at radius 1 is 1.45 bits per heavy atom. The topological polar surface area (TPSA) is 23.9 Å². The Morgan fingerprint density at radius 3 is 2.73 bits per heavy atom. The van der Waals surface area contributed by atoms with Gasteiger partial charge in [0.1, 0.15) is 0 Å². The van der Waals surface area contributed by atoms with Crippen LogP contribution in [0.15, 0.2) is 24.3 Å². The fourth-order valence-electron chi connectivity index (χ4n) is 0.904. The minimum Gasteiger partial charge on any atom is -0.293 e. The summed E-state index contributed by atoms with van der Waals surface area (Å²) in [5.74, 6) is 0. The lowest BCUT2D eigenvalue weighted by Gasteiger charge is -2.00. The first-order valence-corrected chi connectivity index (χ1v) is 4.66. The minimum absolute atomic E-state index is 0.633. The van der Waals surface area contributed by atoms with Gasteiger partial charge < -0.3 is 0 Å². The van der Waals surface area contributed by atoms with Gasteiger partial charge >= 0.3 is 0 Å². The summed E-state index contributed by atoms with van der Waals surface area (Å²) in [6, 6.07) is 8.01. The van der Waals surface area contributed by atoms with Crippen LogP contribution in [0.5, 0.6) is 0 Å². The Labute approximate surface area is 71.3 Å². The Bertz CT molecular complexity index is 268. The van der Waals surface area contributed by atoms with Crippen molar-refractivity contribution in [1.82, 2.24) is 0 Å². The van der Waals surface area contributed by atoms with Crippen LogP contribution in [0, 0.1) is 12.3 Å². The number of aryl methyl sites for hydroxylation is 1. The van der Waals surface area contributed by atoms with Crippen LogP contribution in [0.25, 0.3) is 0 Å². The lowest BCUT2D eigenvalue weighted by atomic mass is 10.1. The number of thioether (sulfide) groups is 1. The average Bonchev–Trinajstić information content (AvgIpc) is 2.03. The molecule has 0 amide bonds. The van der Waals surface area contributed by atoms with Gasteiger partial charge in [0, 0.05) is 5.56 Å². The minimum atomic E-state index is 0.633. The predicted molar refractivity (Wildman–Crippen MR) is 51.5 cm³/mol. The number of rotatable bonds is 1. The summed E-state index contributed by atoms with van der Waals surface area (Å²) in [5, 5.41) is 8.17. The van der Waals surface area contributed by atoms with E-state index in [4.69, 9.17) is 5.41 Å². The van der Waals surface area contributed by atoms with Gasteiger partial charge in [-0.3, -0.25) is 5.41 Å². The van der Waals surface area contributed by atoms with E-state index in [2.05, 4.69) is 0 Å². The molecule has 58 valence electrons. The lowest BCUT2D eigenvalue weighted by Crippen LogP contribution is -1.91. The highest BCUT2D eigenvalue weighted by atomic mass is 32.2. The molecule has 0 saturated heterocycles. The molecule has 1 nitrogen and oxygen atoms in total. The normalized spacial score (nSPS) is 9.64. The van der Waals surface area contributed by atoms with E-state index in [0.717, 1.165) is 5.56 Å². The Balaban J connectivity index is 2.96. The largest absolute Gasteiger partial charge is 0.293 e. The molecule has 1 N–H and O–H groups in total. The first-order chi connectivity index (χ1) is 5.24. The smallest absolute Gasteiger partial charge is 0.0939 e. The Hall–Kier alpha value is -0.760. The molecular formula is C9H11NS. The van der Waals surface area contributed by atoms with Crippen LogP contribution in [0.3, 0.4) is 0 Å². The molecule has 11 heavy (non-hydrogen) atoms. The van der Waals surface area contributed by atoms with Crippen molar-refractivity contribution in [1.29, 1.82) is 5.41 Å². The maximum atomic E-state index is 7.54. The zero-order valence-electron chi connectivity index (χ0n) is 6.72. The summed E-state index contributed by atoms with van der Waals surface area (Å²) < 4.78 is 0. The highest BCUT2D eigenvalue weighted by Crippen LogP contribution is 2.10. The molecule has 0 radical (unpaired) electrons. The van der Waals surface area contributed by atoms with E-state index in [-0.39, 0.29) is 0 Å². The number of nitrogens with one attached hydrogen (secondary N) is 1. The van der Waals surface area contributed by atoms with Crippen LogP contribution in [0.1, 0.15) is 11.1 Å². The van der Waals surface area contributed by atoms with Crippen LogP contribution in [-0.4, -0.2) is 11.3 Å². The lowest BCUT2D eigenvalue weighted by molar-refractivity contribution is 1.44. The third-order valence-electron chi connectivity index (χ3n) is 1.48. The van der Waals surface area contributed by atoms with Gasteiger partial charge in [-0.2, -0.15) is 0 Å². The fourth-order valence-corrected chi connectivity index (χ4v) is 1.27. The van der Waals surface area contributed by atoms with Gasteiger partial charge in [0.05, 0.1) is 5.04 Å². The zero-order chi connectivity index (χ0) is 8.27. The highest BCUT2D eigenvalue weighted by molar-refractivity contribution is 8.13. The second kappa shape index (κ2) is 3.58. The molecule has 0 bridgehead atoms. The van der Waals surface area contributed by atoms with Crippen molar-refractivity contribution in [2.24, 2.45) is 0 Å². The quantitative estimate of drug-likeness (QED) is 0.502. The molecule has 0 spiro atoms. The highest BCUT2D eigenvalue weighted by Gasteiger charge is 1.97. The third kappa shape index (κ3) is 2.09. The Kier molecular flexibility index (Phi) is 2.71. The number of benzene rings is 1. The maximum Gasteiger partial charge on any atom is 0.0939 e. The SMILES string of the molecule is CSC(=N)c1cccc(C)c1. The van der Waals surface area contributed by atoms with Crippen molar-refractivity contribution < 1.29 is 0 Å². The summed E-state index contributed by atoms with van der Waals surface area (Å²) in [7, 11) is 0.